The number of aromatic nitrogens is 2. The van der Waals surface area contributed by atoms with Crippen LogP contribution in [0, 0.1) is 12.8 Å². The third kappa shape index (κ3) is 5.22. The number of imidazole rings is 1. The van der Waals surface area contributed by atoms with E-state index in [0.717, 1.165) is 24.7 Å². The minimum Gasteiger partial charge on any atom is -0.377 e. The van der Waals surface area contributed by atoms with Crippen molar-refractivity contribution in [3.8, 4) is 0 Å². The fourth-order valence-corrected chi connectivity index (χ4v) is 1.68. The first kappa shape index (κ1) is 14.0. The van der Waals surface area contributed by atoms with Crippen LogP contribution >= 0.6 is 0 Å². The van der Waals surface area contributed by atoms with Gasteiger partial charge in [0.2, 0.25) is 5.95 Å². The van der Waals surface area contributed by atoms with Gasteiger partial charge in [-0.3, -0.25) is 0 Å². The van der Waals surface area contributed by atoms with E-state index in [9.17, 15) is 0 Å². The van der Waals surface area contributed by atoms with Gasteiger partial charge >= 0.3 is 0 Å². The zero-order chi connectivity index (χ0) is 12.8. The summed E-state index contributed by atoms with van der Waals surface area (Å²) in [7, 11) is 0. The fourth-order valence-electron chi connectivity index (χ4n) is 1.68. The predicted molar refractivity (Wildman–Crippen MR) is 71.4 cm³/mol. The number of aryl methyl sites for hydroxylation is 1. The number of nitrogens with zero attached hydrogens (tertiary/aromatic N) is 2. The van der Waals surface area contributed by atoms with E-state index >= 15 is 0 Å². The highest BCUT2D eigenvalue weighted by Gasteiger charge is 2.06. The standard InChI is InChI=1S/C13H25N3O/c1-10(2)8-16-9-12(5)15-13(16)14-6-7-17-11(3)4/h9-11H,6-8H2,1-5H3,(H,14,15). The van der Waals surface area contributed by atoms with Crippen LogP contribution in [0.5, 0.6) is 0 Å². The van der Waals surface area contributed by atoms with Gasteiger partial charge in [-0.25, -0.2) is 4.98 Å². The smallest absolute Gasteiger partial charge is 0.203 e. The molecule has 0 fully saturated rings. The maximum Gasteiger partial charge on any atom is 0.203 e. The van der Waals surface area contributed by atoms with Crippen LogP contribution in [0.3, 0.4) is 0 Å². The van der Waals surface area contributed by atoms with Crippen LogP contribution in [0.1, 0.15) is 33.4 Å². The van der Waals surface area contributed by atoms with Crippen molar-refractivity contribution in [1.82, 2.24) is 9.55 Å². The van der Waals surface area contributed by atoms with Crippen molar-refractivity contribution < 1.29 is 4.74 Å². The van der Waals surface area contributed by atoms with Crippen molar-refractivity contribution in [3.63, 3.8) is 0 Å². The lowest BCUT2D eigenvalue weighted by Crippen LogP contribution is -2.16. The molecule has 1 rings (SSSR count). The maximum atomic E-state index is 5.49. The molecule has 98 valence electrons. The van der Waals surface area contributed by atoms with Crippen LogP contribution in [-0.2, 0) is 11.3 Å². The minimum atomic E-state index is 0.286. The number of rotatable bonds is 7. The Balaban J connectivity index is 2.46. The zero-order valence-electron chi connectivity index (χ0n) is 11.7. The van der Waals surface area contributed by atoms with E-state index in [4.69, 9.17) is 4.74 Å². The summed E-state index contributed by atoms with van der Waals surface area (Å²) in [5, 5.41) is 3.32. The first-order chi connectivity index (χ1) is 7.99. The van der Waals surface area contributed by atoms with E-state index in [1.54, 1.807) is 0 Å². The summed E-state index contributed by atoms with van der Waals surface area (Å²) in [6, 6.07) is 0. The lowest BCUT2D eigenvalue weighted by Gasteiger charge is -2.12. The average Bonchev–Trinajstić information content (AvgIpc) is 2.52. The van der Waals surface area contributed by atoms with Gasteiger partial charge in [0, 0.05) is 19.3 Å². The summed E-state index contributed by atoms with van der Waals surface area (Å²) in [4.78, 5) is 4.48. The van der Waals surface area contributed by atoms with Gasteiger partial charge in [-0.1, -0.05) is 13.8 Å². The normalized spacial score (nSPS) is 11.5. The van der Waals surface area contributed by atoms with Gasteiger partial charge in [0.05, 0.1) is 18.4 Å². The molecule has 0 unspecified atom stereocenters. The van der Waals surface area contributed by atoms with Crippen molar-refractivity contribution in [3.05, 3.63) is 11.9 Å². The van der Waals surface area contributed by atoms with E-state index in [0.29, 0.717) is 12.5 Å². The van der Waals surface area contributed by atoms with Gasteiger partial charge in [0.25, 0.3) is 0 Å². The molecule has 0 amide bonds. The van der Waals surface area contributed by atoms with Crippen molar-refractivity contribution in [2.24, 2.45) is 5.92 Å². The Morgan fingerprint density at radius 1 is 1.35 bits per heavy atom. The molecule has 0 saturated carbocycles. The topological polar surface area (TPSA) is 39.1 Å². The van der Waals surface area contributed by atoms with Crippen molar-refractivity contribution >= 4 is 5.95 Å². The average molecular weight is 239 g/mol. The molecule has 1 aromatic heterocycles. The summed E-state index contributed by atoms with van der Waals surface area (Å²) in [6.45, 7) is 13.0. The molecule has 0 aliphatic rings. The van der Waals surface area contributed by atoms with Crippen LogP contribution in [0.2, 0.25) is 0 Å². The highest BCUT2D eigenvalue weighted by molar-refractivity contribution is 5.28. The molecule has 1 N–H and O–H groups in total. The lowest BCUT2D eigenvalue weighted by molar-refractivity contribution is 0.0869. The van der Waals surface area contributed by atoms with Crippen LogP contribution < -0.4 is 5.32 Å². The first-order valence-corrected chi connectivity index (χ1v) is 6.38. The molecule has 0 aliphatic heterocycles. The second-order valence-electron chi connectivity index (χ2n) is 5.10. The molecule has 0 aromatic carbocycles. The summed E-state index contributed by atoms with van der Waals surface area (Å²) in [5.41, 5.74) is 1.05. The van der Waals surface area contributed by atoms with Gasteiger partial charge in [-0.15, -0.1) is 0 Å². The maximum absolute atomic E-state index is 5.49. The Kier molecular flexibility index (Phi) is 5.48. The molecule has 0 bridgehead atoms. The van der Waals surface area contributed by atoms with Crippen molar-refractivity contribution in [2.75, 3.05) is 18.5 Å². The highest BCUT2D eigenvalue weighted by atomic mass is 16.5. The van der Waals surface area contributed by atoms with Gasteiger partial charge < -0.3 is 14.6 Å². The Morgan fingerprint density at radius 2 is 2.06 bits per heavy atom. The lowest BCUT2D eigenvalue weighted by atomic mass is 10.2. The SMILES string of the molecule is Cc1cn(CC(C)C)c(NCCOC(C)C)n1. The Bertz CT molecular complexity index is 331. The molecule has 0 saturated heterocycles. The number of ether oxygens (including phenoxy) is 1. The second kappa shape index (κ2) is 6.64. The third-order valence-electron chi connectivity index (χ3n) is 2.30. The zero-order valence-corrected chi connectivity index (χ0v) is 11.7. The third-order valence-corrected chi connectivity index (χ3v) is 2.30. The van der Waals surface area contributed by atoms with Crippen LogP contribution in [-0.4, -0.2) is 28.8 Å². The van der Waals surface area contributed by atoms with Crippen LogP contribution in [0.25, 0.3) is 0 Å². The molecular formula is C13H25N3O. The molecule has 1 heterocycles. The molecule has 0 aliphatic carbocycles. The number of anilines is 1. The number of hydrogen-bond donors (Lipinski definition) is 1. The van der Waals surface area contributed by atoms with Crippen molar-refractivity contribution in [1.29, 1.82) is 0 Å². The molecule has 1 aromatic rings. The quantitative estimate of drug-likeness (QED) is 0.744. The summed E-state index contributed by atoms with van der Waals surface area (Å²) in [6.07, 6.45) is 2.37. The van der Waals surface area contributed by atoms with E-state index in [-0.39, 0.29) is 6.10 Å². The molecule has 0 atom stereocenters. The molecule has 0 spiro atoms. The molecule has 4 heteroatoms. The molecular weight excluding hydrogens is 214 g/mol. The van der Waals surface area contributed by atoms with E-state index in [1.165, 1.54) is 0 Å². The number of hydrogen-bond acceptors (Lipinski definition) is 3. The second-order valence-corrected chi connectivity index (χ2v) is 5.10. The molecule has 4 nitrogen and oxygen atoms in total. The van der Waals surface area contributed by atoms with E-state index in [1.807, 2.05) is 20.8 Å². The van der Waals surface area contributed by atoms with Crippen molar-refractivity contribution in [2.45, 2.75) is 47.3 Å². The Morgan fingerprint density at radius 3 is 2.65 bits per heavy atom. The molecule has 0 radical (unpaired) electrons. The monoisotopic (exact) mass is 239 g/mol. The first-order valence-electron chi connectivity index (χ1n) is 6.38. The van der Waals surface area contributed by atoms with Crippen LogP contribution in [0.4, 0.5) is 5.95 Å². The van der Waals surface area contributed by atoms with E-state index in [2.05, 4.69) is 34.9 Å². The van der Waals surface area contributed by atoms with Gasteiger partial charge in [0.1, 0.15) is 0 Å². The van der Waals surface area contributed by atoms with Gasteiger partial charge in [-0.2, -0.15) is 0 Å². The highest BCUT2D eigenvalue weighted by Crippen LogP contribution is 2.11. The predicted octanol–water partition coefficient (Wildman–Crippen LogP) is 2.68. The van der Waals surface area contributed by atoms with Gasteiger partial charge in [0.15, 0.2) is 0 Å². The summed E-state index contributed by atoms with van der Waals surface area (Å²) >= 11 is 0. The summed E-state index contributed by atoms with van der Waals surface area (Å²) < 4.78 is 7.67. The van der Waals surface area contributed by atoms with E-state index < -0.39 is 0 Å². The Labute approximate surface area is 104 Å². The number of nitrogens with one attached hydrogen (secondary N) is 1. The molecule has 17 heavy (non-hydrogen) atoms. The Hall–Kier alpha value is -1.03. The van der Waals surface area contributed by atoms with Crippen LogP contribution in [0.15, 0.2) is 6.20 Å². The largest absolute Gasteiger partial charge is 0.377 e. The summed E-state index contributed by atoms with van der Waals surface area (Å²) in [5.74, 6) is 1.57. The fraction of sp³-hybridized carbons (Fsp3) is 0.769. The minimum absolute atomic E-state index is 0.286. The van der Waals surface area contributed by atoms with Gasteiger partial charge in [-0.05, 0) is 26.7 Å².